The smallest absolute Gasteiger partial charge is 0.122 e. The summed E-state index contributed by atoms with van der Waals surface area (Å²) in [5.74, 6) is 0.905. The molecule has 0 aliphatic heterocycles. The quantitative estimate of drug-likeness (QED) is 0.699. The highest BCUT2D eigenvalue weighted by Gasteiger charge is 2.03. The van der Waals surface area contributed by atoms with Crippen LogP contribution in [0.1, 0.15) is 12.5 Å². The van der Waals surface area contributed by atoms with Crippen LogP contribution in [0.5, 0.6) is 5.75 Å². The van der Waals surface area contributed by atoms with E-state index in [1.54, 1.807) is 7.11 Å². The molecule has 17 heavy (non-hydrogen) atoms. The first kappa shape index (κ1) is 14.3. The fraction of sp³-hybridized carbons (Fsp3) is 0.538. The van der Waals surface area contributed by atoms with Crippen molar-refractivity contribution in [3.05, 3.63) is 28.8 Å². The normalized spacial score (nSPS) is 10.5. The maximum atomic E-state index is 5.97. The van der Waals surface area contributed by atoms with Gasteiger partial charge in [0.15, 0.2) is 0 Å². The van der Waals surface area contributed by atoms with Gasteiger partial charge < -0.3 is 15.4 Å². The summed E-state index contributed by atoms with van der Waals surface area (Å²) in [5, 5.41) is 7.41. The summed E-state index contributed by atoms with van der Waals surface area (Å²) in [6.07, 6.45) is 0.926. The summed E-state index contributed by atoms with van der Waals surface area (Å²) in [7, 11) is 1.69. The number of ether oxygens (including phenoxy) is 1. The van der Waals surface area contributed by atoms with Crippen LogP contribution < -0.4 is 15.4 Å². The molecule has 0 aromatic heterocycles. The molecule has 0 saturated carbocycles. The van der Waals surface area contributed by atoms with Crippen molar-refractivity contribution in [3.63, 3.8) is 0 Å². The van der Waals surface area contributed by atoms with E-state index in [9.17, 15) is 0 Å². The van der Waals surface area contributed by atoms with Gasteiger partial charge in [-0.3, -0.25) is 0 Å². The predicted octanol–water partition coefficient (Wildman–Crippen LogP) is 2.09. The van der Waals surface area contributed by atoms with Gasteiger partial charge in [-0.15, -0.1) is 0 Å². The standard InChI is InChI=1S/C13H21ClN2O/c1-3-15-8-9-16-7-6-11-10-12(14)4-5-13(11)17-2/h4-5,10,15-16H,3,6-9H2,1-2H3. The Morgan fingerprint density at radius 3 is 2.65 bits per heavy atom. The molecule has 0 aliphatic carbocycles. The highest BCUT2D eigenvalue weighted by atomic mass is 35.5. The van der Waals surface area contributed by atoms with Crippen molar-refractivity contribution < 1.29 is 4.74 Å². The highest BCUT2D eigenvalue weighted by molar-refractivity contribution is 6.30. The van der Waals surface area contributed by atoms with E-state index in [0.717, 1.165) is 48.9 Å². The zero-order valence-corrected chi connectivity index (χ0v) is 11.3. The summed E-state index contributed by atoms with van der Waals surface area (Å²) >= 11 is 5.97. The second kappa shape index (κ2) is 8.34. The number of halogens is 1. The lowest BCUT2D eigenvalue weighted by atomic mass is 10.1. The molecule has 2 N–H and O–H groups in total. The molecule has 1 aromatic rings. The Morgan fingerprint density at radius 1 is 1.18 bits per heavy atom. The Hall–Kier alpha value is -0.770. The van der Waals surface area contributed by atoms with E-state index in [0.29, 0.717) is 0 Å². The molecular formula is C13H21ClN2O. The lowest BCUT2D eigenvalue weighted by Crippen LogP contribution is -2.28. The van der Waals surface area contributed by atoms with Crippen LogP contribution in [-0.4, -0.2) is 33.3 Å². The maximum absolute atomic E-state index is 5.97. The van der Waals surface area contributed by atoms with Crippen LogP contribution >= 0.6 is 11.6 Å². The summed E-state index contributed by atoms with van der Waals surface area (Å²) in [6.45, 7) is 6.04. The molecule has 0 bridgehead atoms. The maximum Gasteiger partial charge on any atom is 0.122 e. The van der Waals surface area contributed by atoms with Gasteiger partial charge in [0.2, 0.25) is 0 Å². The molecular weight excluding hydrogens is 236 g/mol. The minimum Gasteiger partial charge on any atom is -0.496 e. The van der Waals surface area contributed by atoms with E-state index in [1.165, 1.54) is 0 Å². The summed E-state index contributed by atoms with van der Waals surface area (Å²) < 4.78 is 5.30. The fourth-order valence-corrected chi connectivity index (χ4v) is 1.84. The van der Waals surface area contributed by atoms with Gasteiger partial charge in [-0.2, -0.15) is 0 Å². The first-order valence-corrected chi connectivity index (χ1v) is 6.39. The highest BCUT2D eigenvalue weighted by Crippen LogP contribution is 2.22. The van der Waals surface area contributed by atoms with Gasteiger partial charge in [-0.05, 0) is 43.3 Å². The monoisotopic (exact) mass is 256 g/mol. The zero-order chi connectivity index (χ0) is 12.5. The Labute approximate surface area is 109 Å². The van der Waals surface area contributed by atoms with Crippen molar-refractivity contribution in [2.45, 2.75) is 13.3 Å². The predicted molar refractivity (Wildman–Crippen MR) is 73.1 cm³/mol. The zero-order valence-electron chi connectivity index (χ0n) is 10.6. The SMILES string of the molecule is CCNCCNCCc1cc(Cl)ccc1OC. The van der Waals surface area contributed by atoms with Crippen molar-refractivity contribution in [1.29, 1.82) is 0 Å². The number of likely N-dealkylation sites (N-methyl/N-ethyl adjacent to an activating group) is 1. The average Bonchev–Trinajstić information content (AvgIpc) is 2.34. The molecule has 4 heteroatoms. The van der Waals surface area contributed by atoms with Gasteiger partial charge in [0.05, 0.1) is 7.11 Å². The summed E-state index contributed by atoms with van der Waals surface area (Å²) in [5.41, 5.74) is 1.15. The number of nitrogens with one attached hydrogen (secondary N) is 2. The third-order valence-corrected chi connectivity index (χ3v) is 2.78. The molecule has 0 saturated heterocycles. The largest absolute Gasteiger partial charge is 0.496 e. The average molecular weight is 257 g/mol. The fourth-order valence-electron chi connectivity index (χ4n) is 1.64. The van der Waals surface area contributed by atoms with E-state index in [-0.39, 0.29) is 0 Å². The molecule has 96 valence electrons. The molecule has 0 radical (unpaired) electrons. The molecule has 0 heterocycles. The van der Waals surface area contributed by atoms with Gasteiger partial charge in [0.25, 0.3) is 0 Å². The van der Waals surface area contributed by atoms with Gasteiger partial charge >= 0.3 is 0 Å². The molecule has 0 fully saturated rings. The van der Waals surface area contributed by atoms with Crippen LogP contribution in [0.2, 0.25) is 5.02 Å². The Morgan fingerprint density at radius 2 is 1.94 bits per heavy atom. The summed E-state index contributed by atoms with van der Waals surface area (Å²) in [6, 6.07) is 5.73. The second-order valence-corrected chi connectivity index (χ2v) is 4.25. The number of methoxy groups -OCH3 is 1. The molecule has 1 rings (SSSR count). The number of hydrogen-bond acceptors (Lipinski definition) is 3. The minimum atomic E-state index is 0.758. The second-order valence-electron chi connectivity index (χ2n) is 3.81. The molecule has 0 unspecified atom stereocenters. The van der Waals surface area contributed by atoms with Crippen molar-refractivity contribution in [2.75, 3.05) is 33.3 Å². The van der Waals surface area contributed by atoms with Crippen LogP contribution in [0.4, 0.5) is 0 Å². The third kappa shape index (κ3) is 5.39. The Balaban J connectivity index is 2.32. The van der Waals surface area contributed by atoms with Gasteiger partial charge in [0.1, 0.15) is 5.75 Å². The first-order valence-electron chi connectivity index (χ1n) is 6.01. The number of benzene rings is 1. The van der Waals surface area contributed by atoms with E-state index >= 15 is 0 Å². The van der Waals surface area contributed by atoms with E-state index in [4.69, 9.17) is 16.3 Å². The molecule has 0 amide bonds. The molecule has 0 atom stereocenters. The van der Waals surface area contributed by atoms with E-state index in [1.807, 2.05) is 18.2 Å². The van der Waals surface area contributed by atoms with Crippen molar-refractivity contribution >= 4 is 11.6 Å². The van der Waals surface area contributed by atoms with Crippen LogP contribution in [0, 0.1) is 0 Å². The number of rotatable bonds is 8. The molecule has 3 nitrogen and oxygen atoms in total. The lowest BCUT2D eigenvalue weighted by Gasteiger charge is -2.09. The van der Waals surface area contributed by atoms with Gasteiger partial charge in [-0.1, -0.05) is 18.5 Å². The van der Waals surface area contributed by atoms with Crippen molar-refractivity contribution in [2.24, 2.45) is 0 Å². The molecule has 1 aromatic carbocycles. The van der Waals surface area contributed by atoms with Crippen molar-refractivity contribution in [3.8, 4) is 5.75 Å². The van der Waals surface area contributed by atoms with E-state index in [2.05, 4.69) is 17.6 Å². The van der Waals surface area contributed by atoms with Gasteiger partial charge in [0, 0.05) is 18.1 Å². The third-order valence-electron chi connectivity index (χ3n) is 2.54. The Bertz CT molecular complexity index is 331. The van der Waals surface area contributed by atoms with Gasteiger partial charge in [-0.25, -0.2) is 0 Å². The van der Waals surface area contributed by atoms with Crippen LogP contribution in [-0.2, 0) is 6.42 Å². The lowest BCUT2D eigenvalue weighted by molar-refractivity contribution is 0.409. The molecule has 0 aliphatic rings. The summed E-state index contributed by atoms with van der Waals surface area (Å²) in [4.78, 5) is 0. The topological polar surface area (TPSA) is 33.3 Å². The minimum absolute atomic E-state index is 0.758. The van der Waals surface area contributed by atoms with E-state index < -0.39 is 0 Å². The van der Waals surface area contributed by atoms with Crippen LogP contribution in [0.25, 0.3) is 0 Å². The molecule has 0 spiro atoms. The Kier molecular flexibility index (Phi) is 7.01. The van der Waals surface area contributed by atoms with Crippen molar-refractivity contribution in [1.82, 2.24) is 10.6 Å². The number of hydrogen-bond donors (Lipinski definition) is 2. The first-order chi connectivity index (χ1) is 8.27. The van der Waals surface area contributed by atoms with Crippen LogP contribution in [0.3, 0.4) is 0 Å². The van der Waals surface area contributed by atoms with Crippen LogP contribution in [0.15, 0.2) is 18.2 Å².